The normalized spacial score (nSPS) is 17.8. The molecule has 5 aliphatic rings. The van der Waals surface area contributed by atoms with Gasteiger partial charge in [0.25, 0.3) is 0 Å². The van der Waals surface area contributed by atoms with E-state index in [1.807, 2.05) is 105 Å². The number of carboxylic acids is 3. The zero-order valence-corrected chi connectivity index (χ0v) is 73.7. The summed E-state index contributed by atoms with van der Waals surface area (Å²) in [7, 11) is 0. The Labute approximate surface area is 711 Å². The molecule has 1 aromatic heterocycles. The van der Waals surface area contributed by atoms with Crippen molar-refractivity contribution in [3.05, 3.63) is 280 Å². The van der Waals surface area contributed by atoms with Gasteiger partial charge in [-0.15, -0.1) is 0 Å². The van der Waals surface area contributed by atoms with E-state index in [2.05, 4.69) is 227 Å². The maximum atomic E-state index is 12.3. The molecule has 600 valence electrons. The Balaban J connectivity index is 0.000000204. The van der Waals surface area contributed by atoms with E-state index in [0.29, 0.717) is 38.5 Å². The second-order valence-electron chi connectivity index (χ2n) is 29.5. The Morgan fingerprint density at radius 1 is 0.531 bits per heavy atom. The number of halogens is 5. The topological polar surface area (TPSA) is 195 Å². The molecule has 4 heterocycles. The van der Waals surface area contributed by atoms with Crippen LogP contribution in [0.3, 0.4) is 0 Å². The lowest BCUT2D eigenvalue weighted by Crippen LogP contribution is -2.36. The first kappa shape index (κ1) is 92.4. The maximum absolute atomic E-state index is 12.3. The summed E-state index contributed by atoms with van der Waals surface area (Å²) in [6.45, 7) is 12.8. The summed E-state index contributed by atoms with van der Waals surface area (Å²) in [4.78, 5) is 64.6. The number of ether oxygens (including phenoxy) is 2. The molecule has 0 amide bonds. The number of unbranched alkanes of at least 4 members (excludes halogenated alkanes) is 5. The number of carbonyl (C=O) groups excluding carboxylic acids is 3. The van der Waals surface area contributed by atoms with Gasteiger partial charge in [0.15, 0.2) is 5.78 Å². The zero-order chi connectivity index (χ0) is 81.7. The van der Waals surface area contributed by atoms with Gasteiger partial charge in [-0.25, -0.2) is 0 Å². The minimum absolute atomic E-state index is 0. The lowest BCUT2D eigenvalue weighted by Gasteiger charge is -2.45. The third kappa shape index (κ3) is 31.4. The molecule has 10 aromatic rings. The second kappa shape index (κ2) is 49.2. The molecule has 17 heteroatoms. The van der Waals surface area contributed by atoms with Gasteiger partial charge in [-0.05, 0) is 246 Å². The SMILES string of the molecule is Brc1c#cccc1.Brc1cccc(Br)c1.CC12C=CC(O1)c1cccc(Br)c12.CC1CCC[C@@H]2CCCC(CCCCCC(=O)O)C12.Cc1cccc2cccc(Br)c12.Cc1cccc2cccc(C(=O)CCCCC(=O)O)c12.Cc1cccc2cccc(CCCCCC(=O)O)c12.Cc1ccco1.O=C1CCCCC(=O)O1.[HH]. The predicted octanol–water partition coefficient (Wildman–Crippen LogP) is 28.1. The molecule has 9 aromatic carbocycles. The molecule has 6 atom stereocenters. The first-order valence-corrected chi connectivity index (χ1v) is 43.4. The number of benzene rings is 8. The number of aryl methyl sites for hydroxylation is 5. The van der Waals surface area contributed by atoms with Crippen molar-refractivity contribution in [3.8, 4) is 0 Å². The quantitative estimate of drug-likeness (QED) is 0.0242. The number of cyclic esters (lactones) is 2. The number of aliphatic carboxylic acids is 3. The van der Waals surface area contributed by atoms with Crippen LogP contribution in [-0.2, 0) is 45.5 Å². The van der Waals surface area contributed by atoms with E-state index in [4.69, 9.17) is 24.5 Å². The molecule has 3 N–H and O–H groups in total. The summed E-state index contributed by atoms with van der Waals surface area (Å²) in [5.41, 5.74) is 8.26. The fraction of sp³-hybridized carbons (Fsp3) is 0.375. The minimum atomic E-state index is -0.807. The van der Waals surface area contributed by atoms with Crippen molar-refractivity contribution in [2.45, 2.75) is 207 Å². The molecular weight excluding hydrogens is 1740 g/mol. The second-order valence-corrected chi connectivity index (χ2v) is 33.9. The number of furan rings is 1. The lowest BCUT2D eigenvalue weighted by molar-refractivity contribution is -0.158. The van der Waals surface area contributed by atoms with Gasteiger partial charge < -0.3 is 29.2 Å². The van der Waals surface area contributed by atoms with Gasteiger partial charge in [-0.2, -0.15) is 0 Å². The maximum Gasteiger partial charge on any atom is 0.313 e. The molecule has 2 bridgehead atoms. The highest BCUT2D eigenvalue weighted by atomic mass is 79.9. The van der Waals surface area contributed by atoms with Gasteiger partial charge >= 0.3 is 29.8 Å². The molecule has 5 unspecified atom stereocenters. The van der Waals surface area contributed by atoms with E-state index in [0.717, 1.165) is 121 Å². The number of fused-ring (bicyclic) bond motifs is 9. The van der Waals surface area contributed by atoms with Crippen LogP contribution >= 0.6 is 79.6 Å². The number of ketones is 1. The standard InChI is InChI=1S/C17H18O3.C17H30O2.C17H20O2.C11H9BrO.C11H9Br.C6H4Br2.C6H3Br.C6H8O3.C5H6O.H2/c1-12-6-4-7-13-8-5-9-14(17(12)13)15(18)10-2-3-11-16(19)20;2*1-13-7-5-9-15-11-6-10-14(17(13)15)8-3-2-4-12-16(18)19;1-11-6-5-9(13-11)7-3-2-4-8(12)10(7)11;1-8-4-2-5-9-6-3-7-10(12)11(8)9;7-5-2-1-3-6(8)4-5;7-6-4-2-1-3-5-6;7-5-3-1-2-4-6(8)9-5;1-5-3-2-4-6-5;/h4-9H,2-3,10-11H2,1H3,(H,19,20);13-15,17H,2-12H2,1H3,(H,18,19);5-7,9-11H,2-4,8,12H2,1H3,(H,18,19);2-6,9H,1H3;2-7H,1H3;1-4H;1-2,4H;1-4H2;2-4H,1H3;1H/t;13?,14?,15-,17?;;;;;;;;/m.1......../s1. The van der Waals surface area contributed by atoms with Gasteiger partial charge in [0.05, 0.1) is 10.7 Å². The molecule has 0 spiro atoms. The number of carbonyl (C=O) groups is 6. The summed E-state index contributed by atoms with van der Waals surface area (Å²) in [6, 6.07) is 66.5. The zero-order valence-electron chi connectivity index (χ0n) is 65.8. The predicted molar refractivity (Wildman–Crippen MR) is 475 cm³/mol. The third-order valence-corrected chi connectivity index (χ3v) is 23.5. The summed E-state index contributed by atoms with van der Waals surface area (Å²) >= 11 is 17.0. The molecule has 3 aliphatic heterocycles. The van der Waals surface area contributed by atoms with Crippen LogP contribution in [-0.4, -0.2) is 50.9 Å². The number of carboxylic acid groups (broad SMARTS) is 3. The van der Waals surface area contributed by atoms with Crippen LogP contribution in [0.5, 0.6) is 0 Å². The van der Waals surface area contributed by atoms with Gasteiger partial charge in [0.1, 0.15) is 17.5 Å². The van der Waals surface area contributed by atoms with Crippen LogP contribution in [0.2, 0.25) is 0 Å². The molecule has 12 nitrogen and oxygen atoms in total. The Hall–Kier alpha value is -7.82. The number of hydrogen-bond donors (Lipinski definition) is 3. The molecule has 2 saturated carbocycles. The van der Waals surface area contributed by atoms with Crippen molar-refractivity contribution in [1.29, 1.82) is 0 Å². The van der Waals surface area contributed by atoms with E-state index in [1.165, 1.54) is 105 Å². The van der Waals surface area contributed by atoms with Crippen molar-refractivity contribution < 1.29 is 59.4 Å². The van der Waals surface area contributed by atoms with Crippen LogP contribution in [0.4, 0.5) is 0 Å². The molecule has 1 saturated heterocycles. The van der Waals surface area contributed by atoms with Crippen LogP contribution in [0.25, 0.3) is 32.3 Å². The van der Waals surface area contributed by atoms with E-state index in [-0.39, 0.29) is 43.7 Å². The molecule has 3 fully saturated rings. The highest BCUT2D eigenvalue weighted by molar-refractivity contribution is 9.11. The summed E-state index contributed by atoms with van der Waals surface area (Å²) in [6.07, 6.45) is 27.9. The average molecular weight is 1850 g/mol. The number of esters is 2. The van der Waals surface area contributed by atoms with Crippen molar-refractivity contribution in [2.24, 2.45) is 23.7 Å². The number of hydrogen-bond acceptors (Lipinski definition) is 9. The highest BCUT2D eigenvalue weighted by Crippen LogP contribution is 2.52. The van der Waals surface area contributed by atoms with Gasteiger partial charge in [-0.3, -0.25) is 28.8 Å². The van der Waals surface area contributed by atoms with Crippen molar-refractivity contribution in [1.82, 2.24) is 0 Å². The fourth-order valence-corrected chi connectivity index (χ4v) is 18.3. The smallest absolute Gasteiger partial charge is 0.313 e. The molecule has 2 aliphatic carbocycles. The van der Waals surface area contributed by atoms with Crippen molar-refractivity contribution in [2.75, 3.05) is 0 Å². The van der Waals surface area contributed by atoms with Crippen LogP contribution in [0.15, 0.2) is 227 Å². The number of rotatable bonds is 18. The monoisotopic (exact) mass is 1850 g/mol. The van der Waals surface area contributed by atoms with E-state index >= 15 is 0 Å². The van der Waals surface area contributed by atoms with E-state index in [9.17, 15) is 28.8 Å². The Morgan fingerprint density at radius 2 is 1.05 bits per heavy atom. The largest absolute Gasteiger partial charge is 0.481 e. The summed E-state index contributed by atoms with van der Waals surface area (Å²) in [5, 5.41) is 33.2. The average Bonchev–Trinajstić information content (AvgIpc) is 1.58. The van der Waals surface area contributed by atoms with Crippen LogP contribution < -0.4 is 0 Å². The van der Waals surface area contributed by atoms with Crippen LogP contribution in [0.1, 0.15) is 219 Å². The summed E-state index contributed by atoms with van der Waals surface area (Å²) in [5.74, 6) is 2.05. The van der Waals surface area contributed by atoms with Crippen LogP contribution in [0, 0.1) is 63.5 Å². The van der Waals surface area contributed by atoms with E-state index in [1.54, 1.807) is 6.26 Å². The molecule has 0 radical (unpaired) electrons. The minimum Gasteiger partial charge on any atom is -0.481 e. The lowest BCUT2D eigenvalue weighted by atomic mass is 9.60. The molecular formula is C96H109Br5O12. The van der Waals surface area contributed by atoms with Gasteiger partial charge in [0, 0.05) is 69.0 Å². The first-order valence-electron chi connectivity index (χ1n) is 39.4. The van der Waals surface area contributed by atoms with Gasteiger partial charge in [0.2, 0.25) is 0 Å². The molecule has 15 rings (SSSR count). The Kier molecular flexibility index (Phi) is 40.2. The first-order chi connectivity index (χ1) is 54.3. The van der Waals surface area contributed by atoms with Crippen molar-refractivity contribution >= 4 is 148 Å². The van der Waals surface area contributed by atoms with E-state index < -0.39 is 17.9 Å². The third-order valence-electron chi connectivity index (χ3n) is 20.8. The van der Waals surface area contributed by atoms with Gasteiger partial charge in [-0.1, -0.05) is 280 Å². The fourth-order valence-electron chi connectivity index (χ4n) is 15.4. The molecule has 113 heavy (non-hydrogen) atoms. The highest BCUT2D eigenvalue weighted by Gasteiger charge is 2.44. The number of Topliss-reactive ketones (excluding diaryl/α,β-unsaturated/α-hetero) is 1. The summed E-state index contributed by atoms with van der Waals surface area (Å²) < 4.78 is 20.5. The Morgan fingerprint density at radius 3 is 1.58 bits per heavy atom. The van der Waals surface area contributed by atoms with Crippen molar-refractivity contribution in [3.63, 3.8) is 0 Å². The Bertz CT molecular complexity index is 4620.